The summed E-state index contributed by atoms with van der Waals surface area (Å²) in [6, 6.07) is 8.16. The zero-order valence-corrected chi connectivity index (χ0v) is 14.1. The molecule has 3 rings (SSSR count). The van der Waals surface area contributed by atoms with Gasteiger partial charge in [-0.2, -0.15) is 0 Å². The minimum Gasteiger partial charge on any atom is -0.372 e. The maximum atomic E-state index is 12.6. The van der Waals surface area contributed by atoms with E-state index >= 15 is 0 Å². The van der Waals surface area contributed by atoms with Crippen molar-refractivity contribution >= 4 is 29.4 Å². The van der Waals surface area contributed by atoms with Crippen LogP contribution < -0.4 is 0 Å². The van der Waals surface area contributed by atoms with Gasteiger partial charge in [-0.15, -0.1) is 23.5 Å². The van der Waals surface area contributed by atoms with Crippen molar-refractivity contribution in [2.24, 2.45) is 0 Å². The minimum atomic E-state index is 0.114. The van der Waals surface area contributed by atoms with E-state index in [-0.39, 0.29) is 18.1 Å². The lowest BCUT2D eigenvalue weighted by atomic mass is 10.1. The third-order valence-corrected chi connectivity index (χ3v) is 6.86. The summed E-state index contributed by atoms with van der Waals surface area (Å²) < 4.78 is 6.23. The molecule has 1 aromatic carbocycles. The Morgan fingerprint density at radius 1 is 1.10 bits per heavy atom. The van der Waals surface area contributed by atoms with E-state index in [4.69, 9.17) is 4.74 Å². The predicted octanol–water partition coefficient (Wildman–Crippen LogP) is 3.41. The fourth-order valence-electron chi connectivity index (χ4n) is 2.86. The van der Waals surface area contributed by atoms with Crippen molar-refractivity contribution in [2.45, 2.75) is 30.6 Å². The molecule has 0 spiro atoms. The van der Waals surface area contributed by atoms with Crippen LogP contribution in [0.3, 0.4) is 0 Å². The van der Waals surface area contributed by atoms with Crippen molar-refractivity contribution in [1.29, 1.82) is 0 Å². The zero-order chi connectivity index (χ0) is 14.8. The Morgan fingerprint density at radius 2 is 1.67 bits per heavy atom. The molecule has 0 N–H and O–H groups in total. The first-order valence-corrected chi connectivity index (χ1v) is 9.51. The molecule has 1 amide bonds. The first-order chi connectivity index (χ1) is 10.1. The molecule has 2 heterocycles. The molecular formula is C16H21NO2S2. The van der Waals surface area contributed by atoms with Gasteiger partial charge >= 0.3 is 0 Å². The quantitative estimate of drug-likeness (QED) is 0.834. The van der Waals surface area contributed by atoms with Gasteiger partial charge in [-0.3, -0.25) is 4.79 Å². The predicted molar refractivity (Wildman–Crippen MR) is 90.0 cm³/mol. The normalized spacial score (nSPS) is 27.0. The van der Waals surface area contributed by atoms with E-state index in [0.29, 0.717) is 17.7 Å². The maximum absolute atomic E-state index is 12.6. The van der Waals surface area contributed by atoms with E-state index in [0.717, 1.165) is 5.56 Å². The molecular weight excluding hydrogens is 302 g/mol. The van der Waals surface area contributed by atoms with E-state index in [1.807, 2.05) is 54.4 Å². The van der Waals surface area contributed by atoms with Crippen LogP contribution in [0.5, 0.6) is 0 Å². The lowest BCUT2D eigenvalue weighted by Gasteiger charge is -2.35. The van der Waals surface area contributed by atoms with E-state index in [1.54, 1.807) is 0 Å². The summed E-state index contributed by atoms with van der Waals surface area (Å²) in [4.78, 5) is 14.5. The molecule has 5 heteroatoms. The minimum absolute atomic E-state index is 0.114. The Labute approximate surface area is 134 Å². The molecule has 2 fully saturated rings. The molecule has 1 aromatic rings. The lowest BCUT2D eigenvalue weighted by molar-refractivity contribution is -0.0586. The molecule has 0 aliphatic carbocycles. The van der Waals surface area contributed by atoms with Gasteiger partial charge < -0.3 is 9.64 Å². The highest BCUT2D eigenvalue weighted by molar-refractivity contribution is 8.19. The molecule has 2 aliphatic rings. The number of rotatable bonds is 2. The highest BCUT2D eigenvalue weighted by Gasteiger charge is 2.26. The number of amides is 1. The van der Waals surface area contributed by atoms with Crippen molar-refractivity contribution < 1.29 is 9.53 Å². The summed E-state index contributed by atoms with van der Waals surface area (Å²) in [5.41, 5.74) is 2.11. The van der Waals surface area contributed by atoms with E-state index < -0.39 is 0 Å². The van der Waals surface area contributed by atoms with Gasteiger partial charge in [-0.25, -0.2) is 0 Å². The van der Waals surface area contributed by atoms with Crippen LogP contribution in [0.2, 0.25) is 0 Å². The van der Waals surface area contributed by atoms with E-state index in [2.05, 4.69) is 12.1 Å². The van der Waals surface area contributed by atoms with Crippen molar-refractivity contribution in [3.05, 3.63) is 35.4 Å². The first kappa shape index (κ1) is 15.3. The van der Waals surface area contributed by atoms with Crippen LogP contribution in [0.25, 0.3) is 0 Å². The highest BCUT2D eigenvalue weighted by Crippen LogP contribution is 2.45. The number of carbonyl (C=O) groups excluding carboxylic acids is 1. The van der Waals surface area contributed by atoms with Crippen LogP contribution in [0, 0.1) is 0 Å². The Hall–Kier alpha value is -0.650. The monoisotopic (exact) mass is 323 g/mol. The van der Waals surface area contributed by atoms with Gasteiger partial charge in [-0.1, -0.05) is 12.1 Å². The maximum Gasteiger partial charge on any atom is 0.254 e. The fraction of sp³-hybridized carbons (Fsp3) is 0.562. The number of benzene rings is 1. The smallest absolute Gasteiger partial charge is 0.254 e. The van der Waals surface area contributed by atoms with Gasteiger partial charge in [0.2, 0.25) is 0 Å². The summed E-state index contributed by atoms with van der Waals surface area (Å²) in [5.74, 6) is 2.56. The van der Waals surface area contributed by atoms with Gasteiger partial charge in [0.15, 0.2) is 0 Å². The molecule has 2 unspecified atom stereocenters. The number of hydrogen-bond donors (Lipinski definition) is 0. The highest BCUT2D eigenvalue weighted by atomic mass is 32.2. The Balaban J connectivity index is 1.69. The topological polar surface area (TPSA) is 29.5 Å². The average molecular weight is 323 g/mol. The molecule has 3 nitrogen and oxygen atoms in total. The van der Waals surface area contributed by atoms with Crippen LogP contribution in [0.1, 0.15) is 34.4 Å². The van der Waals surface area contributed by atoms with Crippen molar-refractivity contribution in [2.75, 3.05) is 24.6 Å². The molecule has 21 heavy (non-hydrogen) atoms. The lowest BCUT2D eigenvalue weighted by Crippen LogP contribution is -2.48. The second-order valence-corrected chi connectivity index (χ2v) is 8.39. The molecule has 0 bridgehead atoms. The molecule has 114 valence electrons. The summed E-state index contributed by atoms with van der Waals surface area (Å²) in [6.07, 6.45) is 0.228. The van der Waals surface area contributed by atoms with Crippen molar-refractivity contribution in [1.82, 2.24) is 4.90 Å². The number of morpholine rings is 1. The van der Waals surface area contributed by atoms with Crippen LogP contribution in [-0.4, -0.2) is 47.6 Å². The van der Waals surface area contributed by atoms with Crippen LogP contribution >= 0.6 is 23.5 Å². The second kappa shape index (κ2) is 6.63. The average Bonchev–Trinajstić information content (AvgIpc) is 3.00. The first-order valence-electron chi connectivity index (χ1n) is 7.41. The van der Waals surface area contributed by atoms with E-state index in [9.17, 15) is 4.79 Å². The van der Waals surface area contributed by atoms with Gasteiger partial charge in [0.1, 0.15) is 0 Å². The Morgan fingerprint density at radius 3 is 2.24 bits per heavy atom. The number of ether oxygens (including phenoxy) is 1. The second-order valence-electron chi connectivity index (χ2n) is 5.66. The zero-order valence-electron chi connectivity index (χ0n) is 12.5. The van der Waals surface area contributed by atoms with Crippen molar-refractivity contribution in [3.63, 3.8) is 0 Å². The third-order valence-electron chi connectivity index (χ3n) is 3.76. The summed E-state index contributed by atoms with van der Waals surface area (Å²) in [5, 5.41) is 0. The Bertz CT molecular complexity index is 490. The number of nitrogens with zero attached hydrogens (tertiary/aromatic N) is 1. The molecule has 2 aliphatic heterocycles. The largest absolute Gasteiger partial charge is 0.372 e. The SMILES string of the molecule is CC1CN(C(=O)c2ccc(C3SCCS3)cc2)CC(C)O1. The number of carbonyl (C=O) groups is 1. The molecule has 0 saturated carbocycles. The molecule has 2 saturated heterocycles. The summed E-state index contributed by atoms with van der Waals surface area (Å²) in [6.45, 7) is 5.40. The molecule has 0 radical (unpaired) electrons. The molecule has 2 atom stereocenters. The number of hydrogen-bond acceptors (Lipinski definition) is 4. The van der Waals surface area contributed by atoms with Gasteiger partial charge in [0, 0.05) is 30.2 Å². The summed E-state index contributed by atoms with van der Waals surface area (Å²) >= 11 is 3.98. The van der Waals surface area contributed by atoms with Gasteiger partial charge in [0.25, 0.3) is 5.91 Å². The van der Waals surface area contributed by atoms with Gasteiger partial charge in [0.05, 0.1) is 16.8 Å². The Kier molecular flexibility index (Phi) is 4.82. The fourth-order valence-corrected chi connectivity index (χ4v) is 5.72. The van der Waals surface area contributed by atoms with Crippen molar-refractivity contribution in [3.8, 4) is 0 Å². The third kappa shape index (κ3) is 3.58. The standard InChI is InChI=1S/C16H21NO2S2/c1-11-9-17(10-12(2)19-11)15(18)13-3-5-14(6-4-13)16-20-7-8-21-16/h3-6,11-12,16H,7-10H2,1-2H3. The van der Waals surface area contributed by atoms with E-state index in [1.165, 1.54) is 17.1 Å². The van der Waals surface area contributed by atoms with Crippen LogP contribution in [0.4, 0.5) is 0 Å². The molecule has 0 aromatic heterocycles. The van der Waals surface area contributed by atoms with Gasteiger partial charge in [-0.05, 0) is 31.5 Å². The van der Waals surface area contributed by atoms with Crippen LogP contribution in [0.15, 0.2) is 24.3 Å². The summed E-state index contributed by atoms with van der Waals surface area (Å²) in [7, 11) is 0. The van der Waals surface area contributed by atoms with Crippen LogP contribution in [-0.2, 0) is 4.74 Å². The number of thioether (sulfide) groups is 2.